The van der Waals surface area contributed by atoms with Crippen LogP contribution in [0.2, 0.25) is 0 Å². The fraction of sp³-hybridized carbons (Fsp3) is 0.462. The van der Waals surface area contributed by atoms with E-state index >= 15 is 0 Å². The van der Waals surface area contributed by atoms with Crippen molar-refractivity contribution in [3.8, 4) is 0 Å². The number of hydrogen-bond donors (Lipinski definition) is 0. The monoisotopic (exact) mass is 344 g/mol. The Balaban J connectivity index is 2.26. The van der Waals surface area contributed by atoms with Gasteiger partial charge in [-0.1, -0.05) is 68.6 Å². The third-order valence-electron chi connectivity index (χ3n) is 3.15. The fourth-order valence-corrected chi connectivity index (χ4v) is 3.70. The van der Waals surface area contributed by atoms with E-state index in [1.54, 1.807) is 0 Å². The van der Waals surface area contributed by atoms with Gasteiger partial charge in [-0.25, -0.2) is 0 Å². The lowest BCUT2D eigenvalue weighted by Crippen LogP contribution is -2.38. The molecular weight excluding hydrogens is 332 g/mol. The molecule has 1 nitrogen and oxygen atoms in total. The lowest BCUT2D eigenvalue weighted by Gasteiger charge is -2.34. The molecule has 1 saturated carbocycles. The van der Waals surface area contributed by atoms with Crippen molar-refractivity contribution in [3.05, 3.63) is 35.9 Å². The molecule has 0 saturated heterocycles. The minimum Gasteiger partial charge on any atom is -0.298 e. The smallest absolute Gasteiger partial charge is 0.151 e. The maximum absolute atomic E-state index is 12.1. The van der Waals surface area contributed by atoms with Gasteiger partial charge in [0.05, 0.1) is 4.83 Å². The number of halogens is 2. The first-order valence-electron chi connectivity index (χ1n) is 5.56. The zero-order valence-corrected chi connectivity index (χ0v) is 12.1. The summed E-state index contributed by atoms with van der Waals surface area (Å²) >= 11 is 7.34. The molecule has 0 bridgehead atoms. The van der Waals surface area contributed by atoms with Crippen LogP contribution in [0.25, 0.3) is 0 Å². The lowest BCUT2D eigenvalue weighted by molar-refractivity contribution is -0.122. The first-order valence-corrected chi connectivity index (χ1v) is 7.27. The minimum absolute atomic E-state index is 0.0639. The summed E-state index contributed by atoms with van der Waals surface area (Å²) in [5.74, 6) is 0.324. The number of rotatable bonds is 2. The van der Waals surface area contributed by atoms with Crippen LogP contribution in [-0.4, -0.2) is 10.1 Å². The van der Waals surface area contributed by atoms with E-state index in [2.05, 4.69) is 44.0 Å². The standard InChI is InChI=1S/C13H14Br2O/c14-12(10-6-2-1-3-7-10)13(15)9-5-4-8-11(13)16/h1-3,6-7,12H,4-5,8-9H2. The lowest BCUT2D eigenvalue weighted by atomic mass is 9.83. The average molecular weight is 346 g/mol. The van der Waals surface area contributed by atoms with Crippen LogP contribution in [0, 0.1) is 0 Å². The summed E-state index contributed by atoms with van der Waals surface area (Å²) in [7, 11) is 0. The summed E-state index contributed by atoms with van der Waals surface area (Å²) in [6.07, 6.45) is 3.75. The summed E-state index contributed by atoms with van der Waals surface area (Å²) in [4.78, 5) is 12.1. The van der Waals surface area contributed by atoms with E-state index in [4.69, 9.17) is 0 Å². The van der Waals surface area contributed by atoms with Crippen molar-refractivity contribution in [2.75, 3.05) is 0 Å². The predicted molar refractivity (Wildman–Crippen MR) is 73.2 cm³/mol. The predicted octanol–water partition coefficient (Wildman–Crippen LogP) is 4.40. The molecule has 0 heterocycles. The highest BCUT2D eigenvalue weighted by Crippen LogP contribution is 2.47. The molecule has 1 aromatic rings. The number of carbonyl (C=O) groups is 1. The van der Waals surface area contributed by atoms with Crippen molar-refractivity contribution in [2.24, 2.45) is 0 Å². The Morgan fingerprint density at radius 3 is 2.50 bits per heavy atom. The van der Waals surface area contributed by atoms with Crippen molar-refractivity contribution in [1.82, 2.24) is 0 Å². The highest BCUT2D eigenvalue weighted by atomic mass is 79.9. The molecule has 2 atom stereocenters. The minimum atomic E-state index is -0.410. The zero-order chi connectivity index (χ0) is 11.6. The van der Waals surface area contributed by atoms with Crippen LogP contribution in [-0.2, 0) is 4.79 Å². The van der Waals surface area contributed by atoms with Gasteiger partial charge in [0.25, 0.3) is 0 Å². The summed E-state index contributed by atoms with van der Waals surface area (Å²) in [5.41, 5.74) is 1.16. The van der Waals surface area contributed by atoms with Gasteiger partial charge < -0.3 is 0 Å². The van der Waals surface area contributed by atoms with Gasteiger partial charge in [0.1, 0.15) is 4.32 Å². The van der Waals surface area contributed by atoms with E-state index in [1.807, 2.05) is 18.2 Å². The number of benzene rings is 1. The zero-order valence-electron chi connectivity index (χ0n) is 8.96. The van der Waals surface area contributed by atoms with Crippen molar-refractivity contribution in [2.45, 2.75) is 34.8 Å². The van der Waals surface area contributed by atoms with Crippen LogP contribution >= 0.6 is 31.9 Å². The number of ketones is 1. The van der Waals surface area contributed by atoms with Crippen LogP contribution in [0.4, 0.5) is 0 Å². The van der Waals surface area contributed by atoms with Crippen molar-refractivity contribution in [3.63, 3.8) is 0 Å². The topological polar surface area (TPSA) is 17.1 Å². The average Bonchev–Trinajstić information content (AvgIpc) is 2.33. The van der Waals surface area contributed by atoms with Crippen LogP contribution in [0.1, 0.15) is 36.1 Å². The van der Waals surface area contributed by atoms with E-state index in [9.17, 15) is 4.79 Å². The summed E-state index contributed by atoms with van der Waals surface area (Å²) in [6, 6.07) is 10.1. The largest absolute Gasteiger partial charge is 0.298 e. The quantitative estimate of drug-likeness (QED) is 0.726. The first kappa shape index (κ1) is 12.3. The molecule has 0 N–H and O–H groups in total. The number of Topliss-reactive ketones (excluding diaryl/α,β-unsaturated/α-hetero) is 1. The van der Waals surface area contributed by atoms with Crippen LogP contribution < -0.4 is 0 Å². The van der Waals surface area contributed by atoms with Crippen molar-refractivity contribution < 1.29 is 4.79 Å². The van der Waals surface area contributed by atoms with Crippen LogP contribution in [0.15, 0.2) is 30.3 Å². The van der Waals surface area contributed by atoms with E-state index < -0.39 is 4.32 Å². The van der Waals surface area contributed by atoms with Crippen molar-refractivity contribution >= 4 is 37.6 Å². The van der Waals surface area contributed by atoms with E-state index in [-0.39, 0.29) is 4.83 Å². The Morgan fingerprint density at radius 1 is 1.19 bits per heavy atom. The third kappa shape index (κ3) is 2.25. The third-order valence-corrected chi connectivity index (χ3v) is 6.37. The molecule has 2 unspecified atom stereocenters. The molecule has 1 aromatic carbocycles. The Morgan fingerprint density at radius 2 is 1.88 bits per heavy atom. The molecule has 0 aromatic heterocycles. The molecule has 1 aliphatic carbocycles. The Bertz CT molecular complexity index is 377. The molecule has 3 heteroatoms. The van der Waals surface area contributed by atoms with E-state index in [1.165, 1.54) is 0 Å². The van der Waals surface area contributed by atoms with Gasteiger partial charge in [0, 0.05) is 6.42 Å². The highest BCUT2D eigenvalue weighted by Gasteiger charge is 2.43. The van der Waals surface area contributed by atoms with E-state index in [0.29, 0.717) is 12.2 Å². The van der Waals surface area contributed by atoms with Gasteiger partial charge in [0.15, 0.2) is 5.78 Å². The van der Waals surface area contributed by atoms with E-state index in [0.717, 1.165) is 24.8 Å². The van der Waals surface area contributed by atoms with Crippen molar-refractivity contribution in [1.29, 1.82) is 0 Å². The second-order valence-corrected chi connectivity index (χ2v) is 6.60. The Kier molecular flexibility index (Phi) is 3.85. The van der Waals surface area contributed by atoms with Gasteiger partial charge >= 0.3 is 0 Å². The second-order valence-electron chi connectivity index (χ2n) is 4.27. The Labute approximate surface area is 113 Å². The van der Waals surface area contributed by atoms with Crippen LogP contribution in [0.5, 0.6) is 0 Å². The molecule has 1 fully saturated rings. The second kappa shape index (κ2) is 5.01. The molecular formula is C13H14Br2O. The number of alkyl halides is 2. The van der Waals surface area contributed by atoms with Gasteiger partial charge in [-0.15, -0.1) is 0 Å². The maximum atomic E-state index is 12.1. The first-order chi connectivity index (χ1) is 7.64. The van der Waals surface area contributed by atoms with Gasteiger partial charge in [0.2, 0.25) is 0 Å². The molecule has 16 heavy (non-hydrogen) atoms. The fourth-order valence-electron chi connectivity index (χ4n) is 2.17. The van der Waals surface area contributed by atoms with Gasteiger partial charge in [-0.3, -0.25) is 4.79 Å². The molecule has 0 spiro atoms. The molecule has 0 amide bonds. The summed E-state index contributed by atoms with van der Waals surface area (Å²) in [6.45, 7) is 0. The molecule has 2 rings (SSSR count). The number of hydrogen-bond acceptors (Lipinski definition) is 1. The molecule has 0 radical (unpaired) electrons. The molecule has 1 aliphatic rings. The Hall–Kier alpha value is -0.150. The van der Waals surface area contributed by atoms with Gasteiger partial charge in [-0.05, 0) is 18.4 Å². The normalized spacial score (nSPS) is 27.8. The summed E-state index contributed by atoms with van der Waals surface area (Å²) in [5, 5.41) is 0. The SMILES string of the molecule is O=C1CCCCC1(Br)C(Br)c1ccccc1. The summed E-state index contributed by atoms with van der Waals surface area (Å²) < 4.78 is -0.410. The highest BCUT2D eigenvalue weighted by molar-refractivity contribution is 9.12. The molecule has 86 valence electrons. The number of carbonyl (C=O) groups excluding carboxylic acids is 1. The van der Waals surface area contributed by atoms with Gasteiger partial charge in [-0.2, -0.15) is 0 Å². The van der Waals surface area contributed by atoms with Crippen LogP contribution in [0.3, 0.4) is 0 Å². The maximum Gasteiger partial charge on any atom is 0.151 e. The molecule has 0 aliphatic heterocycles.